The Morgan fingerprint density at radius 3 is 2.71 bits per heavy atom. The standard InChI is InChI=1S/C17H25NO2S/c1-5-6-7-10-18(13(2)3)17(20)16-12-14(4)15(21-16)9-8-11-19/h12-13,19H,5-7,10-11H2,1-4H3. The van der Waals surface area contributed by atoms with Crippen molar-refractivity contribution in [2.24, 2.45) is 0 Å². The van der Waals surface area contributed by atoms with Gasteiger partial charge in [-0.1, -0.05) is 31.6 Å². The van der Waals surface area contributed by atoms with Crippen LogP contribution < -0.4 is 0 Å². The van der Waals surface area contributed by atoms with Crippen molar-refractivity contribution in [2.45, 2.75) is 53.0 Å². The zero-order valence-corrected chi connectivity index (χ0v) is 14.2. The minimum atomic E-state index is -0.157. The fraction of sp³-hybridized carbons (Fsp3) is 0.588. The van der Waals surface area contributed by atoms with Crippen molar-refractivity contribution >= 4 is 17.2 Å². The highest BCUT2D eigenvalue weighted by atomic mass is 32.1. The lowest BCUT2D eigenvalue weighted by Gasteiger charge is -2.26. The third-order valence-electron chi connectivity index (χ3n) is 3.30. The first-order valence-electron chi connectivity index (χ1n) is 7.52. The summed E-state index contributed by atoms with van der Waals surface area (Å²) in [5.41, 5.74) is 1.00. The van der Waals surface area contributed by atoms with Crippen LogP contribution in [0.1, 0.15) is 60.1 Å². The molecular formula is C17H25NO2S. The number of hydrogen-bond donors (Lipinski definition) is 1. The summed E-state index contributed by atoms with van der Waals surface area (Å²) < 4.78 is 0. The van der Waals surface area contributed by atoms with Gasteiger partial charge in [-0.15, -0.1) is 11.3 Å². The maximum Gasteiger partial charge on any atom is 0.264 e. The molecule has 21 heavy (non-hydrogen) atoms. The lowest BCUT2D eigenvalue weighted by molar-refractivity contribution is 0.0707. The van der Waals surface area contributed by atoms with Crippen LogP contribution in [0, 0.1) is 18.8 Å². The zero-order valence-electron chi connectivity index (χ0n) is 13.4. The van der Waals surface area contributed by atoms with Crippen molar-refractivity contribution < 1.29 is 9.90 Å². The van der Waals surface area contributed by atoms with Crippen LogP contribution in [0.2, 0.25) is 0 Å². The van der Waals surface area contributed by atoms with Crippen LogP contribution in [-0.2, 0) is 0 Å². The van der Waals surface area contributed by atoms with E-state index < -0.39 is 0 Å². The molecule has 0 fully saturated rings. The highest BCUT2D eigenvalue weighted by Crippen LogP contribution is 2.23. The maximum absolute atomic E-state index is 12.7. The van der Waals surface area contributed by atoms with Crippen LogP contribution in [0.3, 0.4) is 0 Å². The van der Waals surface area contributed by atoms with E-state index in [1.54, 1.807) is 0 Å². The average Bonchev–Trinajstić information content (AvgIpc) is 2.81. The number of aliphatic hydroxyl groups is 1. The lowest BCUT2D eigenvalue weighted by Crippen LogP contribution is -2.37. The van der Waals surface area contributed by atoms with Gasteiger partial charge >= 0.3 is 0 Å². The molecule has 1 rings (SSSR count). The molecule has 1 amide bonds. The van der Waals surface area contributed by atoms with Crippen molar-refractivity contribution in [1.82, 2.24) is 4.90 Å². The molecule has 3 nitrogen and oxygen atoms in total. The van der Waals surface area contributed by atoms with Crippen molar-refractivity contribution in [3.05, 3.63) is 21.4 Å². The van der Waals surface area contributed by atoms with E-state index in [0.29, 0.717) is 0 Å². The number of aliphatic hydroxyl groups excluding tert-OH is 1. The number of amides is 1. The Morgan fingerprint density at radius 1 is 1.43 bits per heavy atom. The fourth-order valence-corrected chi connectivity index (χ4v) is 3.10. The second kappa shape index (κ2) is 8.86. The number of carbonyl (C=O) groups excluding carboxylic acids is 1. The molecule has 1 aromatic rings. The highest BCUT2D eigenvalue weighted by molar-refractivity contribution is 7.14. The van der Waals surface area contributed by atoms with Crippen LogP contribution in [0.4, 0.5) is 0 Å². The maximum atomic E-state index is 12.7. The Labute approximate surface area is 132 Å². The molecule has 1 N–H and O–H groups in total. The molecule has 1 aromatic heterocycles. The summed E-state index contributed by atoms with van der Waals surface area (Å²) in [5, 5.41) is 8.77. The zero-order chi connectivity index (χ0) is 15.8. The van der Waals surface area contributed by atoms with Crippen molar-refractivity contribution in [1.29, 1.82) is 0 Å². The number of carbonyl (C=O) groups is 1. The van der Waals surface area contributed by atoms with Gasteiger partial charge in [-0.05, 0) is 38.8 Å². The summed E-state index contributed by atoms with van der Waals surface area (Å²) >= 11 is 1.42. The molecule has 0 aliphatic heterocycles. The van der Waals surface area contributed by atoms with Gasteiger partial charge in [0.2, 0.25) is 0 Å². The van der Waals surface area contributed by atoms with Gasteiger partial charge < -0.3 is 10.0 Å². The molecule has 116 valence electrons. The first-order valence-corrected chi connectivity index (χ1v) is 8.34. The summed E-state index contributed by atoms with van der Waals surface area (Å²) in [4.78, 5) is 16.2. The van der Waals surface area contributed by atoms with Gasteiger partial charge in [0.25, 0.3) is 5.91 Å². The molecule has 1 heterocycles. The number of unbranched alkanes of at least 4 members (excludes halogenated alkanes) is 2. The summed E-state index contributed by atoms with van der Waals surface area (Å²) in [6.07, 6.45) is 3.34. The summed E-state index contributed by atoms with van der Waals surface area (Å²) in [6.45, 7) is 8.87. The number of nitrogens with zero attached hydrogens (tertiary/aromatic N) is 1. The van der Waals surface area contributed by atoms with Gasteiger partial charge in [0.1, 0.15) is 6.61 Å². The molecule has 0 atom stereocenters. The molecule has 0 radical (unpaired) electrons. The Hall–Kier alpha value is -1.31. The molecule has 0 aromatic carbocycles. The number of hydrogen-bond acceptors (Lipinski definition) is 3. The van der Waals surface area contributed by atoms with E-state index in [0.717, 1.165) is 41.1 Å². The third kappa shape index (κ3) is 5.18. The molecule has 0 spiro atoms. The molecule has 0 aliphatic rings. The molecule has 0 saturated carbocycles. The van der Waals surface area contributed by atoms with Gasteiger partial charge in [-0.25, -0.2) is 0 Å². The van der Waals surface area contributed by atoms with E-state index in [9.17, 15) is 4.79 Å². The molecule has 0 aliphatic carbocycles. The van der Waals surface area contributed by atoms with Gasteiger partial charge in [0.15, 0.2) is 0 Å². The van der Waals surface area contributed by atoms with E-state index in [1.807, 2.05) is 17.9 Å². The van der Waals surface area contributed by atoms with E-state index in [1.165, 1.54) is 11.3 Å². The van der Waals surface area contributed by atoms with Crippen molar-refractivity contribution in [3.8, 4) is 11.8 Å². The quantitative estimate of drug-likeness (QED) is 0.646. The van der Waals surface area contributed by atoms with E-state index in [-0.39, 0.29) is 18.6 Å². The Kier molecular flexibility index (Phi) is 7.49. The monoisotopic (exact) mass is 307 g/mol. The molecule has 4 heteroatoms. The van der Waals surface area contributed by atoms with E-state index in [2.05, 4.69) is 32.6 Å². The van der Waals surface area contributed by atoms with Crippen LogP contribution in [0.15, 0.2) is 6.07 Å². The minimum absolute atomic E-state index is 0.0891. The summed E-state index contributed by atoms with van der Waals surface area (Å²) in [6, 6.07) is 2.10. The topological polar surface area (TPSA) is 40.5 Å². The smallest absolute Gasteiger partial charge is 0.264 e. The van der Waals surface area contributed by atoms with Crippen molar-refractivity contribution in [3.63, 3.8) is 0 Å². The lowest BCUT2D eigenvalue weighted by atomic mass is 10.2. The van der Waals surface area contributed by atoms with Gasteiger partial charge in [-0.3, -0.25) is 4.79 Å². The molecule has 0 bridgehead atoms. The van der Waals surface area contributed by atoms with E-state index in [4.69, 9.17) is 5.11 Å². The second-order valence-corrected chi connectivity index (χ2v) is 6.43. The largest absolute Gasteiger partial charge is 0.384 e. The minimum Gasteiger partial charge on any atom is -0.384 e. The van der Waals surface area contributed by atoms with Crippen LogP contribution in [0.25, 0.3) is 0 Å². The number of rotatable bonds is 6. The third-order valence-corrected chi connectivity index (χ3v) is 4.44. The second-order valence-electron chi connectivity index (χ2n) is 5.38. The molecular weight excluding hydrogens is 282 g/mol. The fourth-order valence-electron chi connectivity index (χ4n) is 2.10. The van der Waals surface area contributed by atoms with Crippen LogP contribution in [-0.4, -0.2) is 35.1 Å². The molecule has 0 saturated heterocycles. The predicted octanol–water partition coefficient (Wildman–Crippen LogP) is 3.44. The van der Waals surface area contributed by atoms with Gasteiger partial charge in [0, 0.05) is 12.6 Å². The molecule has 0 unspecified atom stereocenters. The van der Waals surface area contributed by atoms with Gasteiger partial charge in [-0.2, -0.15) is 0 Å². The Bertz CT molecular complexity index is 523. The van der Waals surface area contributed by atoms with Crippen LogP contribution >= 0.6 is 11.3 Å². The number of thiophene rings is 1. The highest BCUT2D eigenvalue weighted by Gasteiger charge is 2.20. The number of aryl methyl sites for hydroxylation is 1. The van der Waals surface area contributed by atoms with Crippen LogP contribution in [0.5, 0.6) is 0 Å². The summed E-state index contributed by atoms with van der Waals surface area (Å²) in [7, 11) is 0. The Morgan fingerprint density at radius 2 is 2.14 bits per heavy atom. The van der Waals surface area contributed by atoms with E-state index >= 15 is 0 Å². The summed E-state index contributed by atoms with van der Waals surface area (Å²) in [5.74, 6) is 5.64. The average molecular weight is 307 g/mol. The Balaban J connectivity index is 2.88. The first kappa shape index (κ1) is 17.7. The first-order chi connectivity index (χ1) is 10.0. The normalized spacial score (nSPS) is 10.4. The predicted molar refractivity (Wildman–Crippen MR) is 88.7 cm³/mol. The SMILES string of the molecule is CCCCCN(C(=O)c1cc(C)c(C#CCO)s1)C(C)C. The van der Waals surface area contributed by atoms with Gasteiger partial charge in [0.05, 0.1) is 9.75 Å². The van der Waals surface area contributed by atoms with Crippen molar-refractivity contribution in [2.75, 3.05) is 13.2 Å².